The summed E-state index contributed by atoms with van der Waals surface area (Å²) in [6, 6.07) is 3.94. The highest BCUT2D eigenvalue weighted by Gasteiger charge is 2.26. The van der Waals surface area contributed by atoms with Crippen molar-refractivity contribution >= 4 is 5.82 Å². The maximum absolute atomic E-state index is 8.92. The predicted molar refractivity (Wildman–Crippen MR) is 60.7 cm³/mol. The van der Waals surface area contributed by atoms with Crippen molar-refractivity contribution in [2.45, 2.75) is 20.5 Å². The number of hydrogen-bond acceptors (Lipinski definition) is 3. The van der Waals surface area contributed by atoms with Gasteiger partial charge in [-0.15, -0.1) is 0 Å². The Morgan fingerprint density at radius 2 is 2.00 bits per heavy atom. The molecule has 1 aliphatic rings. The molecule has 1 aromatic rings. The van der Waals surface area contributed by atoms with E-state index in [0.717, 1.165) is 36.3 Å². The van der Waals surface area contributed by atoms with Crippen LogP contribution in [0.3, 0.4) is 0 Å². The summed E-state index contributed by atoms with van der Waals surface area (Å²) in [6.07, 6.45) is 1.75. The molecule has 3 nitrogen and oxygen atoms in total. The van der Waals surface area contributed by atoms with Gasteiger partial charge in [0.1, 0.15) is 5.82 Å². The molecular formula is C12H18N2O. The number of aromatic nitrogens is 1. The van der Waals surface area contributed by atoms with Crippen molar-refractivity contribution in [2.75, 3.05) is 18.0 Å². The number of nitrogens with zero attached hydrogens (tertiary/aromatic N) is 2. The van der Waals surface area contributed by atoms with Gasteiger partial charge in [0.25, 0.3) is 0 Å². The average molecular weight is 206 g/mol. The van der Waals surface area contributed by atoms with E-state index in [1.165, 1.54) is 0 Å². The highest BCUT2D eigenvalue weighted by atomic mass is 16.3. The standard InChI is InChI=1S/C12H18N2O/c1-9-6-14(7-10(9)2)12-4-3-11(8-15)5-13-12/h3-5,9-10,15H,6-8H2,1-2H3. The topological polar surface area (TPSA) is 36.4 Å². The number of aliphatic hydroxyl groups excluding tert-OH is 1. The summed E-state index contributed by atoms with van der Waals surface area (Å²) in [5.41, 5.74) is 0.874. The summed E-state index contributed by atoms with van der Waals surface area (Å²) in [7, 11) is 0. The molecule has 0 radical (unpaired) electrons. The van der Waals surface area contributed by atoms with Gasteiger partial charge in [-0.05, 0) is 23.5 Å². The molecule has 2 unspecified atom stereocenters. The molecule has 1 fully saturated rings. The number of aliphatic hydroxyl groups is 1. The summed E-state index contributed by atoms with van der Waals surface area (Å²) in [6.45, 7) is 6.82. The molecule has 1 aliphatic heterocycles. The highest BCUT2D eigenvalue weighted by molar-refractivity contribution is 5.40. The maximum atomic E-state index is 8.92. The van der Waals surface area contributed by atoms with Gasteiger partial charge in [0.15, 0.2) is 0 Å². The van der Waals surface area contributed by atoms with Crippen LogP contribution >= 0.6 is 0 Å². The molecule has 0 spiro atoms. The second-order valence-electron chi connectivity index (χ2n) is 4.54. The zero-order valence-electron chi connectivity index (χ0n) is 9.35. The van der Waals surface area contributed by atoms with Gasteiger partial charge in [-0.2, -0.15) is 0 Å². The van der Waals surface area contributed by atoms with Crippen LogP contribution in [-0.4, -0.2) is 23.2 Å². The van der Waals surface area contributed by atoms with Crippen LogP contribution in [0.1, 0.15) is 19.4 Å². The highest BCUT2D eigenvalue weighted by Crippen LogP contribution is 2.26. The van der Waals surface area contributed by atoms with Crippen molar-refractivity contribution in [1.82, 2.24) is 4.98 Å². The molecule has 0 bridgehead atoms. The van der Waals surface area contributed by atoms with Crippen molar-refractivity contribution in [3.05, 3.63) is 23.9 Å². The number of rotatable bonds is 2. The minimum absolute atomic E-state index is 0.0695. The van der Waals surface area contributed by atoms with E-state index in [-0.39, 0.29) is 6.61 Å². The molecular weight excluding hydrogens is 188 g/mol. The van der Waals surface area contributed by atoms with Gasteiger partial charge in [0.05, 0.1) is 6.61 Å². The van der Waals surface area contributed by atoms with Gasteiger partial charge in [0, 0.05) is 19.3 Å². The molecule has 1 saturated heterocycles. The number of hydrogen-bond donors (Lipinski definition) is 1. The van der Waals surface area contributed by atoms with Crippen LogP contribution in [0.25, 0.3) is 0 Å². The normalized spacial score (nSPS) is 25.9. The zero-order valence-corrected chi connectivity index (χ0v) is 9.35. The molecule has 1 aromatic heterocycles. The van der Waals surface area contributed by atoms with Crippen LogP contribution in [0.4, 0.5) is 5.82 Å². The van der Waals surface area contributed by atoms with Gasteiger partial charge in [0.2, 0.25) is 0 Å². The van der Waals surface area contributed by atoms with Crippen LogP contribution in [0, 0.1) is 11.8 Å². The summed E-state index contributed by atoms with van der Waals surface area (Å²) >= 11 is 0. The lowest BCUT2D eigenvalue weighted by Crippen LogP contribution is -2.20. The van der Waals surface area contributed by atoms with Gasteiger partial charge in [-0.1, -0.05) is 19.9 Å². The fourth-order valence-corrected chi connectivity index (χ4v) is 2.01. The van der Waals surface area contributed by atoms with E-state index in [0.29, 0.717) is 0 Å². The van der Waals surface area contributed by atoms with E-state index >= 15 is 0 Å². The van der Waals surface area contributed by atoms with Crippen molar-refractivity contribution in [1.29, 1.82) is 0 Å². The first-order valence-electron chi connectivity index (χ1n) is 5.51. The Labute approximate surface area is 90.8 Å². The Kier molecular flexibility index (Phi) is 2.91. The average Bonchev–Trinajstić information content (AvgIpc) is 2.59. The third-order valence-electron chi connectivity index (χ3n) is 3.30. The van der Waals surface area contributed by atoms with Gasteiger partial charge in [-0.3, -0.25) is 0 Å². The zero-order chi connectivity index (χ0) is 10.8. The molecule has 1 N–H and O–H groups in total. The number of anilines is 1. The Morgan fingerprint density at radius 3 is 2.47 bits per heavy atom. The third-order valence-corrected chi connectivity index (χ3v) is 3.30. The van der Waals surface area contributed by atoms with Gasteiger partial charge in [-0.25, -0.2) is 4.98 Å². The largest absolute Gasteiger partial charge is 0.392 e. The Hall–Kier alpha value is -1.09. The fraction of sp³-hybridized carbons (Fsp3) is 0.583. The van der Waals surface area contributed by atoms with Crippen LogP contribution in [-0.2, 0) is 6.61 Å². The monoisotopic (exact) mass is 206 g/mol. The molecule has 2 atom stereocenters. The number of pyridine rings is 1. The summed E-state index contributed by atoms with van der Waals surface area (Å²) < 4.78 is 0. The minimum Gasteiger partial charge on any atom is -0.392 e. The lowest BCUT2D eigenvalue weighted by atomic mass is 10.0. The first-order valence-corrected chi connectivity index (χ1v) is 5.51. The third kappa shape index (κ3) is 2.12. The van der Waals surface area contributed by atoms with Crippen LogP contribution in [0.15, 0.2) is 18.3 Å². The molecule has 3 heteroatoms. The van der Waals surface area contributed by atoms with E-state index in [1.807, 2.05) is 12.1 Å². The molecule has 15 heavy (non-hydrogen) atoms. The predicted octanol–water partition coefficient (Wildman–Crippen LogP) is 1.67. The second-order valence-corrected chi connectivity index (χ2v) is 4.54. The Bertz CT molecular complexity index is 313. The van der Waals surface area contributed by atoms with Gasteiger partial charge >= 0.3 is 0 Å². The first kappa shape index (κ1) is 10.4. The van der Waals surface area contributed by atoms with E-state index < -0.39 is 0 Å². The van der Waals surface area contributed by atoms with Crippen molar-refractivity contribution < 1.29 is 5.11 Å². The van der Waals surface area contributed by atoms with Crippen molar-refractivity contribution in [3.8, 4) is 0 Å². The first-order chi connectivity index (χ1) is 7.20. The SMILES string of the molecule is CC1CN(c2ccc(CO)cn2)CC1C. The molecule has 82 valence electrons. The Balaban J connectivity index is 2.10. The fourth-order valence-electron chi connectivity index (χ4n) is 2.01. The molecule has 0 amide bonds. The Morgan fingerprint density at radius 1 is 1.33 bits per heavy atom. The smallest absolute Gasteiger partial charge is 0.128 e. The maximum Gasteiger partial charge on any atom is 0.128 e. The van der Waals surface area contributed by atoms with Crippen molar-refractivity contribution in [3.63, 3.8) is 0 Å². The van der Waals surface area contributed by atoms with Crippen molar-refractivity contribution in [2.24, 2.45) is 11.8 Å². The molecule has 0 aromatic carbocycles. The molecule has 0 aliphatic carbocycles. The summed E-state index contributed by atoms with van der Waals surface area (Å²) in [5, 5.41) is 8.92. The van der Waals surface area contributed by atoms with Crippen LogP contribution < -0.4 is 4.90 Å². The molecule has 0 saturated carbocycles. The van der Waals surface area contributed by atoms with Gasteiger partial charge < -0.3 is 10.0 Å². The quantitative estimate of drug-likeness (QED) is 0.799. The van der Waals surface area contributed by atoms with E-state index in [9.17, 15) is 0 Å². The summed E-state index contributed by atoms with van der Waals surface area (Å²) in [5.74, 6) is 2.51. The summed E-state index contributed by atoms with van der Waals surface area (Å²) in [4.78, 5) is 6.68. The van der Waals surface area contributed by atoms with E-state index in [2.05, 4.69) is 23.7 Å². The van der Waals surface area contributed by atoms with Crippen LogP contribution in [0.5, 0.6) is 0 Å². The molecule has 2 rings (SSSR count). The lowest BCUT2D eigenvalue weighted by molar-refractivity contribution is 0.281. The second kappa shape index (κ2) is 4.19. The van der Waals surface area contributed by atoms with E-state index in [4.69, 9.17) is 5.11 Å². The lowest BCUT2D eigenvalue weighted by Gasteiger charge is -2.16. The molecule has 2 heterocycles. The minimum atomic E-state index is 0.0695. The van der Waals surface area contributed by atoms with Crippen LogP contribution in [0.2, 0.25) is 0 Å². The van der Waals surface area contributed by atoms with E-state index in [1.54, 1.807) is 6.20 Å².